The summed E-state index contributed by atoms with van der Waals surface area (Å²) in [5, 5.41) is 9.59. The lowest BCUT2D eigenvalue weighted by Gasteiger charge is -2.12. The maximum absolute atomic E-state index is 12.4. The van der Waals surface area contributed by atoms with Crippen LogP contribution in [0.4, 0.5) is 5.69 Å². The molecule has 0 spiro atoms. The van der Waals surface area contributed by atoms with Crippen molar-refractivity contribution in [2.75, 3.05) is 4.72 Å². The molecule has 0 aliphatic carbocycles. The Labute approximate surface area is 133 Å². The summed E-state index contributed by atoms with van der Waals surface area (Å²) in [6, 6.07) is 8.75. The first-order valence-corrected chi connectivity index (χ1v) is 8.20. The predicted molar refractivity (Wildman–Crippen MR) is 85.1 cm³/mol. The Balaban J connectivity index is 2.42. The van der Waals surface area contributed by atoms with Gasteiger partial charge in [-0.25, -0.2) is 13.2 Å². The van der Waals surface area contributed by atoms with Crippen molar-refractivity contribution in [1.82, 2.24) is 0 Å². The van der Waals surface area contributed by atoms with Crippen molar-refractivity contribution in [2.24, 2.45) is 0 Å². The highest BCUT2D eigenvalue weighted by atomic mass is 35.5. The first-order valence-electron chi connectivity index (χ1n) is 6.33. The molecule has 2 aromatic carbocycles. The SMILES string of the molecule is Cc1cc(Cl)ccc1NS(=O)(=O)c1ccc(C)c(C(=O)O)c1. The number of nitrogens with one attached hydrogen (secondary N) is 1. The highest BCUT2D eigenvalue weighted by Gasteiger charge is 2.18. The Hall–Kier alpha value is -2.05. The quantitative estimate of drug-likeness (QED) is 0.893. The van der Waals surface area contributed by atoms with E-state index in [0.717, 1.165) is 6.07 Å². The lowest BCUT2D eigenvalue weighted by molar-refractivity contribution is 0.0696. The second-order valence-corrected chi connectivity index (χ2v) is 6.97. The van der Waals surface area contributed by atoms with Gasteiger partial charge in [0, 0.05) is 5.02 Å². The fourth-order valence-corrected chi connectivity index (χ4v) is 3.33. The Bertz CT molecular complexity index is 847. The molecule has 5 nitrogen and oxygen atoms in total. The van der Waals surface area contributed by atoms with E-state index in [1.54, 1.807) is 32.0 Å². The van der Waals surface area contributed by atoms with E-state index in [9.17, 15) is 13.2 Å². The Kier molecular flexibility index (Phi) is 4.44. The smallest absolute Gasteiger partial charge is 0.335 e. The standard InChI is InChI=1S/C15H14ClNO4S/c1-9-3-5-12(8-13(9)15(18)19)22(20,21)17-14-6-4-11(16)7-10(14)2/h3-8,17H,1-2H3,(H,18,19). The van der Waals surface area contributed by atoms with Gasteiger partial charge in [0.15, 0.2) is 0 Å². The molecule has 116 valence electrons. The molecule has 2 aromatic rings. The van der Waals surface area contributed by atoms with E-state index in [0.29, 0.717) is 21.8 Å². The van der Waals surface area contributed by atoms with E-state index >= 15 is 0 Å². The van der Waals surface area contributed by atoms with Crippen LogP contribution in [0.3, 0.4) is 0 Å². The van der Waals surface area contributed by atoms with Gasteiger partial charge in [-0.3, -0.25) is 4.72 Å². The third-order valence-electron chi connectivity index (χ3n) is 3.18. The van der Waals surface area contributed by atoms with E-state index in [4.69, 9.17) is 16.7 Å². The van der Waals surface area contributed by atoms with Crippen LogP contribution < -0.4 is 4.72 Å². The summed E-state index contributed by atoms with van der Waals surface area (Å²) >= 11 is 5.84. The maximum Gasteiger partial charge on any atom is 0.335 e. The van der Waals surface area contributed by atoms with Crippen LogP contribution in [0.2, 0.25) is 5.02 Å². The minimum absolute atomic E-state index is 0.0456. The number of carboxylic acid groups (broad SMARTS) is 1. The zero-order chi connectivity index (χ0) is 16.5. The summed E-state index contributed by atoms with van der Waals surface area (Å²) in [5.41, 5.74) is 1.51. The van der Waals surface area contributed by atoms with Crippen LogP contribution >= 0.6 is 11.6 Å². The summed E-state index contributed by atoms with van der Waals surface area (Å²) in [7, 11) is -3.88. The molecule has 0 bridgehead atoms. The number of carboxylic acids is 1. The van der Waals surface area contributed by atoms with Gasteiger partial charge >= 0.3 is 5.97 Å². The predicted octanol–water partition coefficient (Wildman–Crippen LogP) is 3.46. The van der Waals surface area contributed by atoms with Crippen molar-refractivity contribution in [2.45, 2.75) is 18.7 Å². The van der Waals surface area contributed by atoms with Crippen molar-refractivity contribution in [3.05, 3.63) is 58.1 Å². The molecule has 2 rings (SSSR count). The van der Waals surface area contributed by atoms with Crippen molar-refractivity contribution >= 4 is 33.3 Å². The van der Waals surface area contributed by atoms with Crippen LogP contribution in [0.15, 0.2) is 41.3 Å². The Morgan fingerprint density at radius 2 is 1.77 bits per heavy atom. The van der Waals surface area contributed by atoms with Crippen LogP contribution in [0.5, 0.6) is 0 Å². The lowest BCUT2D eigenvalue weighted by Crippen LogP contribution is -2.15. The van der Waals surface area contributed by atoms with Gasteiger partial charge in [-0.05, 0) is 55.3 Å². The molecule has 0 saturated heterocycles. The van der Waals surface area contributed by atoms with E-state index < -0.39 is 16.0 Å². The maximum atomic E-state index is 12.4. The number of hydrogen-bond donors (Lipinski definition) is 2. The number of aryl methyl sites for hydroxylation is 2. The molecular weight excluding hydrogens is 326 g/mol. The number of rotatable bonds is 4. The molecule has 0 saturated carbocycles. The van der Waals surface area contributed by atoms with Crippen molar-refractivity contribution in [1.29, 1.82) is 0 Å². The first kappa shape index (κ1) is 16.3. The minimum Gasteiger partial charge on any atom is -0.478 e. The molecule has 0 fully saturated rings. The largest absolute Gasteiger partial charge is 0.478 e. The topological polar surface area (TPSA) is 83.5 Å². The average molecular weight is 340 g/mol. The molecule has 0 aliphatic rings. The number of anilines is 1. The third-order valence-corrected chi connectivity index (χ3v) is 4.78. The number of sulfonamides is 1. The highest BCUT2D eigenvalue weighted by Crippen LogP contribution is 2.24. The molecule has 0 radical (unpaired) electrons. The summed E-state index contributed by atoms with van der Waals surface area (Å²) in [6.45, 7) is 3.33. The number of carbonyl (C=O) groups is 1. The van der Waals surface area contributed by atoms with Crippen LogP contribution in [-0.2, 0) is 10.0 Å². The van der Waals surface area contributed by atoms with Gasteiger partial charge in [-0.15, -0.1) is 0 Å². The zero-order valence-electron chi connectivity index (χ0n) is 11.9. The monoisotopic (exact) mass is 339 g/mol. The minimum atomic E-state index is -3.88. The number of aromatic carboxylic acids is 1. The molecule has 0 heterocycles. The van der Waals surface area contributed by atoms with Crippen LogP contribution in [-0.4, -0.2) is 19.5 Å². The van der Waals surface area contributed by atoms with Crippen LogP contribution in [0.1, 0.15) is 21.5 Å². The molecule has 0 atom stereocenters. The summed E-state index contributed by atoms with van der Waals surface area (Å²) in [6.07, 6.45) is 0. The van der Waals surface area contributed by atoms with Gasteiger partial charge in [0.2, 0.25) is 0 Å². The normalized spacial score (nSPS) is 11.2. The third kappa shape index (κ3) is 3.40. The molecule has 0 unspecified atom stereocenters. The lowest BCUT2D eigenvalue weighted by atomic mass is 10.1. The zero-order valence-corrected chi connectivity index (χ0v) is 13.5. The van der Waals surface area contributed by atoms with E-state index in [2.05, 4.69) is 4.72 Å². The molecular formula is C15H14ClNO4S. The van der Waals surface area contributed by atoms with Gasteiger partial charge in [0.05, 0.1) is 16.1 Å². The van der Waals surface area contributed by atoms with Crippen molar-refractivity contribution in [3.63, 3.8) is 0 Å². The number of hydrogen-bond acceptors (Lipinski definition) is 3. The average Bonchev–Trinajstić information content (AvgIpc) is 2.42. The van der Waals surface area contributed by atoms with Crippen LogP contribution in [0, 0.1) is 13.8 Å². The van der Waals surface area contributed by atoms with Gasteiger partial charge in [0.25, 0.3) is 10.0 Å². The van der Waals surface area contributed by atoms with E-state index in [-0.39, 0.29) is 10.5 Å². The molecule has 7 heteroatoms. The van der Waals surface area contributed by atoms with Crippen molar-refractivity contribution < 1.29 is 18.3 Å². The summed E-state index contributed by atoms with van der Waals surface area (Å²) in [5.74, 6) is -1.17. The molecule has 2 N–H and O–H groups in total. The van der Waals surface area contributed by atoms with Gasteiger partial charge < -0.3 is 5.11 Å². The Morgan fingerprint density at radius 3 is 2.36 bits per heavy atom. The van der Waals surface area contributed by atoms with Crippen molar-refractivity contribution in [3.8, 4) is 0 Å². The number of benzene rings is 2. The highest BCUT2D eigenvalue weighted by molar-refractivity contribution is 7.92. The summed E-state index contributed by atoms with van der Waals surface area (Å²) < 4.78 is 27.2. The molecule has 0 aliphatic heterocycles. The van der Waals surface area contributed by atoms with E-state index in [1.165, 1.54) is 12.1 Å². The fraction of sp³-hybridized carbons (Fsp3) is 0.133. The fourth-order valence-electron chi connectivity index (χ4n) is 1.94. The second kappa shape index (κ2) is 5.98. The number of halogens is 1. The molecule has 0 amide bonds. The summed E-state index contributed by atoms with van der Waals surface area (Å²) in [4.78, 5) is 11.0. The molecule has 0 aromatic heterocycles. The first-order chi connectivity index (χ1) is 10.2. The Morgan fingerprint density at radius 1 is 1.09 bits per heavy atom. The van der Waals surface area contributed by atoms with E-state index in [1.807, 2.05) is 0 Å². The molecule has 22 heavy (non-hydrogen) atoms. The van der Waals surface area contributed by atoms with Gasteiger partial charge in [0.1, 0.15) is 0 Å². The van der Waals surface area contributed by atoms with Gasteiger partial charge in [-0.1, -0.05) is 17.7 Å². The van der Waals surface area contributed by atoms with Crippen LogP contribution in [0.25, 0.3) is 0 Å². The second-order valence-electron chi connectivity index (χ2n) is 4.85. The van der Waals surface area contributed by atoms with Gasteiger partial charge in [-0.2, -0.15) is 0 Å².